The van der Waals surface area contributed by atoms with Crippen molar-refractivity contribution in [2.24, 2.45) is 5.92 Å². The Hall–Kier alpha value is -0.540. The van der Waals surface area contributed by atoms with Crippen molar-refractivity contribution < 1.29 is 0 Å². The Morgan fingerprint density at radius 1 is 1.21 bits per heavy atom. The van der Waals surface area contributed by atoms with Crippen LogP contribution < -0.4 is 10.2 Å². The maximum Gasteiger partial charge on any atom is 0.0510 e. The number of piperidine rings is 1. The Bertz CT molecular complexity index is 434. The quantitative estimate of drug-likeness (QED) is 0.903. The Morgan fingerprint density at radius 3 is 2.58 bits per heavy atom. The number of rotatable bonds is 4. The summed E-state index contributed by atoms with van der Waals surface area (Å²) in [5, 5.41) is 3.57. The van der Waals surface area contributed by atoms with Crippen LogP contribution in [0.5, 0.6) is 0 Å². The van der Waals surface area contributed by atoms with Gasteiger partial charge in [0.1, 0.15) is 0 Å². The third-order valence-corrected chi connectivity index (χ3v) is 4.94. The summed E-state index contributed by atoms with van der Waals surface area (Å²) in [7, 11) is 0. The molecule has 3 rings (SSSR count). The van der Waals surface area contributed by atoms with Gasteiger partial charge in [0.2, 0.25) is 0 Å². The number of nitrogens with zero attached hydrogens (tertiary/aromatic N) is 1. The standard InChI is InChI=1S/C16H23BrN2/c1-12-6-8-19(9-7-12)16-5-2-13(10-15(16)17)11-18-14-3-4-14/h2,5,10,12,14,18H,3-4,6-9,11H2,1H3. The van der Waals surface area contributed by atoms with E-state index >= 15 is 0 Å². The molecule has 1 aromatic carbocycles. The molecular weight excluding hydrogens is 300 g/mol. The van der Waals surface area contributed by atoms with Crippen molar-refractivity contribution in [3.63, 3.8) is 0 Å². The summed E-state index contributed by atoms with van der Waals surface area (Å²) in [6.45, 7) is 5.75. The minimum Gasteiger partial charge on any atom is -0.371 e. The zero-order valence-corrected chi connectivity index (χ0v) is 13.2. The van der Waals surface area contributed by atoms with Gasteiger partial charge in [0.25, 0.3) is 0 Å². The Balaban J connectivity index is 1.64. The molecule has 104 valence electrons. The third kappa shape index (κ3) is 3.51. The van der Waals surface area contributed by atoms with Gasteiger partial charge in [-0.1, -0.05) is 13.0 Å². The van der Waals surface area contributed by atoms with Crippen LogP contribution in [0.3, 0.4) is 0 Å². The lowest BCUT2D eigenvalue weighted by Gasteiger charge is -2.33. The molecular formula is C16H23BrN2. The number of hydrogen-bond donors (Lipinski definition) is 1. The second-order valence-corrected chi connectivity index (χ2v) is 6.96. The van der Waals surface area contributed by atoms with E-state index in [2.05, 4.69) is 51.3 Å². The fourth-order valence-electron chi connectivity index (χ4n) is 2.72. The van der Waals surface area contributed by atoms with Crippen molar-refractivity contribution in [1.82, 2.24) is 5.32 Å². The molecule has 1 aliphatic heterocycles. The Morgan fingerprint density at radius 2 is 1.95 bits per heavy atom. The van der Waals surface area contributed by atoms with Gasteiger partial charge in [-0.05, 0) is 65.2 Å². The average Bonchev–Trinajstić information content (AvgIpc) is 3.22. The first-order valence-electron chi connectivity index (χ1n) is 7.49. The SMILES string of the molecule is CC1CCN(c2ccc(CNC3CC3)cc2Br)CC1. The van der Waals surface area contributed by atoms with Crippen molar-refractivity contribution in [2.75, 3.05) is 18.0 Å². The molecule has 0 bridgehead atoms. The number of benzene rings is 1. The van der Waals surface area contributed by atoms with E-state index in [9.17, 15) is 0 Å². The number of halogens is 1. The first kappa shape index (κ1) is 13.4. The summed E-state index contributed by atoms with van der Waals surface area (Å²) in [6.07, 6.45) is 5.34. The highest BCUT2D eigenvalue weighted by atomic mass is 79.9. The summed E-state index contributed by atoms with van der Waals surface area (Å²) in [4.78, 5) is 2.52. The van der Waals surface area contributed by atoms with Crippen LogP contribution >= 0.6 is 15.9 Å². The monoisotopic (exact) mass is 322 g/mol. The van der Waals surface area contributed by atoms with E-state index in [1.54, 1.807) is 0 Å². The van der Waals surface area contributed by atoms with E-state index in [0.717, 1.165) is 18.5 Å². The van der Waals surface area contributed by atoms with Gasteiger partial charge in [0.15, 0.2) is 0 Å². The third-order valence-electron chi connectivity index (χ3n) is 4.31. The second kappa shape index (κ2) is 5.84. The fraction of sp³-hybridized carbons (Fsp3) is 0.625. The largest absolute Gasteiger partial charge is 0.371 e. The molecule has 1 aliphatic carbocycles. The predicted octanol–water partition coefficient (Wildman–Crippen LogP) is 3.94. The highest BCUT2D eigenvalue weighted by Gasteiger charge is 2.21. The number of nitrogens with one attached hydrogen (secondary N) is 1. The molecule has 0 radical (unpaired) electrons. The van der Waals surface area contributed by atoms with E-state index in [0.29, 0.717) is 0 Å². The molecule has 1 saturated carbocycles. The van der Waals surface area contributed by atoms with Gasteiger partial charge in [-0.25, -0.2) is 0 Å². The minimum absolute atomic E-state index is 0.780. The first-order valence-corrected chi connectivity index (χ1v) is 8.28. The molecule has 1 N–H and O–H groups in total. The van der Waals surface area contributed by atoms with Crippen molar-refractivity contribution in [3.8, 4) is 0 Å². The first-order chi connectivity index (χ1) is 9.22. The van der Waals surface area contributed by atoms with Crippen LogP contribution in [0.1, 0.15) is 38.2 Å². The van der Waals surface area contributed by atoms with Crippen molar-refractivity contribution in [3.05, 3.63) is 28.2 Å². The van der Waals surface area contributed by atoms with Crippen LogP contribution in [0.15, 0.2) is 22.7 Å². The highest BCUT2D eigenvalue weighted by Crippen LogP contribution is 2.31. The second-order valence-electron chi connectivity index (χ2n) is 6.11. The topological polar surface area (TPSA) is 15.3 Å². The Labute approximate surface area is 124 Å². The maximum atomic E-state index is 3.75. The lowest BCUT2D eigenvalue weighted by atomic mass is 9.98. The zero-order chi connectivity index (χ0) is 13.2. The van der Waals surface area contributed by atoms with Crippen LogP contribution in [0.4, 0.5) is 5.69 Å². The molecule has 0 unspecified atom stereocenters. The molecule has 19 heavy (non-hydrogen) atoms. The van der Waals surface area contributed by atoms with E-state index in [-0.39, 0.29) is 0 Å². The summed E-state index contributed by atoms with van der Waals surface area (Å²) >= 11 is 3.75. The summed E-state index contributed by atoms with van der Waals surface area (Å²) in [5.41, 5.74) is 2.75. The lowest BCUT2D eigenvalue weighted by Crippen LogP contribution is -2.33. The lowest BCUT2D eigenvalue weighted by molar-refractivity contribution is 0.438. The number of anilines is 1. The molecule has 0 aromatic heterocycles. The molecule has 1 heterocycles. The highest BCUT2D eigenvalue weighted by molar-refractivity contribution is 9.10. The van der Waals surface area contributed by atoms with E-state index < -0.39 is 0 Å². The summed E-state index contributed by atoms with van der Waals surface area (Å²) in [5.74, 6) is 0.886. The minimum atomic E-state index is 0.780. The molecule has 1 aromatic rings. The smallest absolute Gasteiger partial charge is 0.0510 e. The van der Waals surface area contributed by atoms with Gasteiger partial charge in [-0.15, -0.1) is 0 Å². The van der Waals surface area contributed by atoms with Gasteiger partial charge in [0.05, 0.1) is 5.69 Å². The van der Waals surface area contributed by atoms with Gasteiger partial charge < -0.3 is 10.2 Å². The molecule has 1 saturated heterocycles. The van der Waals surface area contributed by atoms with Crippen molar-refractivity contribution >= 4 is 21.6 Å². The van der Waals surface area contributed by atoms with E-state index in [4.69, 9.17) is 0 Å². The Kier molecular flexibility index (Phi) is 4.13. The van der Waals surface area contributed by atoms with Gasteiger partial charge in [-0.3, -0.25) is 0 Å². The molecule has 2 aliphatic rings. The zero-order valence-electron chi connectivity index (χ0n) is 11.7. The van der Waals surface area contributed by atoms with Gasteiger partial charge >= 0.3 is 0 Å². The van der Waals surface area contributed by atoms with Crippen LogP contribution in [-0.2, 0) is 6.54 Å². The molecule has 2 fully saturated rings. The molecule has 0 amide bonds. The van der Waals surface area contributed by atoms with Crippen LogP contribution in [0.2, 0.25) is 0 Å². The maximum absolute atomic E-state index is 3.75. The summed E-state index contributed by atoms with van der Waals surface area (Å²) < 4.78 is 1.25. The predicted molar refractivity (Wildman–Crippen MR) is 84.6 cm³/mol. The van der Waals surface area contributed by atoms with Crippen LogP contribution in [-0.4, -0.2) is 19.1 Å². The fourth-order valence-corrected chi connectivity index (χ4v) is 3.39. The van der Waals surface area contributed by atoms with E-state index in [1.165, 1.54) is 54.5 Å². The molecule has 3 heteroatoms. The normalized spacial score (nSPS) is 20.8. The average molecular weight is 323 g/mol. The molecule has 2 nitrogen and oxygen atoms in total. The van der Waals surface area contributed by atoms with E-state index in [1.807, 2.05) is 0 Å². The van der Waals surface area contributed by atoms with Crippen LogP contribution in [0, 0.1) is 5.92 Å². The molecule has 0 spiro atoms. The van der Waals surface area contributed by atoms with Crippen LogP contribution in [0.25, 0.3) is 0 Å². The van der Waals surface area contributed by atoms with Gasteiger partial charge in [-0.2, -0.15) is 0 Å². The van der Waals surface area contributed by atoms with Gasteiger partial charge in [0, 0.05) is 30.1 Å². The van der Waals surface area contributed by atoms with Crippen molar-refractivity contribution in [2.45, 2.75) is 45.2 Å². The number of hydrogen-bond acceptors (Lipinski definition) is 2. The van der Waals surface area contributed by atoms with Crippen molar-refractivity contribution in [1.29, 1.82) is 0 Å². The summed E-state index contributed by atoms with van der Waals surface area (Å²) in [6, 6.07) is 7.61. The molecule has 0 atom stereocenters.